The smallest absolute Gasteiger partial charge is 0.309 e. The third-order valence-electron chi connectivity index (χ3n) is 6.88. The number of rotatable bonds is 8. The molecule has 0 aliphatic rings. The summed E-state index contributed by atoms with van der Waals surface area (Å²) in [4.78, 5) is 25.3. The number of carbonyl (C=O) groups is 2. The van der Waals surface area contributed by atoms with Gasteiger partial charge in [0, 0.05) is 24.2 Å². The molecule has 0 saturated carbocycles. The van der Waals surface area contributed by atoms with Crippen LogP contribution in [0.5, 0.6) is 17.4 Å². The van der Waals surface area contributed by atoms with E-state index in [2.05, 4.69) is 5.32 Å². The highest BCUT2D eigenvalue weighted by molar-refractivity contribution is 6.34. The molecule has 4 aromatic carbocycles. The second-order valence-electron chi connectivity index (χ2n) is 9.90. The van der Waals surface area contributed by atoms with E-state index in [9.17, 15) is 9.59 Å². The number of esters is 1. The van der Waals surface area contributed by atoms with Crippen molar-refractivity contribution in [2.75, 3.05) is 19.5 Å². The number of amides is 1. The van der Waals surface area contributed by atoms with Crippen LogP contribution in [-0.2, 0) is 4.79 Å². The zero-order valence-electron chi connectivity index (χ0n) is 24.4. The van der Waals surface area contributed by atoms with Gasteiger partial charge in [0.25, 0.3) is 5.91 Å². The van der Waals surface area contributed by atoms with Gasteiger partial charge < -0.3 is 19.5 Å². The second kappa shape index (κ2) is 12.4. The van der Waals surface area contributed by atoms with Gasteiger partial charge in [0.1, 0.15) is 17.2 Å². The van der Waals surface area contributed by atoms with Crippen LogP contribution in [0.1, 0.15) is 28.4 Å². The lowest BCUT2D eigenvalue weighted by molar-refractivity contribution is -0.132. The molecule has 0 aliphatic heterocycles. The molecular weight excluding hydrogens is 566 g/mol. The fraction of sp³-hybridized carbons (Fsp3) is 0.147. The molecule has 0 spiro atoms. The number of nitrogens with one attached hydrogen (secondary N) is 1. The van der Waals surface area contributed by atoms with E-state index in [4.69, 9.17) is 30.9 Å². The monoisotopic (exact) mass is 595 g/mol. The first-order valence-electron chi connectivity index (χ1n) is 13.5. The van der Waals surface area contributed by atoms with Crippen molar-refractivity contribution in [1.29, 1.82) is 0 Å². The molecule has 218 valence electrons. The van der Waals surface area contributed by atoms with Crippen LogP contribution in [0.25, 0.3) is 28.1 Å². The first-order valence-corrected chi connectivity index (χ1v) is 13.9. The van der Waals surface area contributed by atoms with Crippen molar-refractivity contribution >= 4 is 29.2 Å². The number of halogens is 1. The fourth-order valence-electron chi connectivity index (χ4n) is 4.85. The lowest BCUT2D eigenvalue weighted by Crippen LogP contribution is -2.12. The van der Waals surface area contributed by atoms with E-state index in [1.165, 1.54) is 6.92 Å². The average molecular weight is 596 g/mol. The van der Waals surface area contributed by atoms with E-state index in [0.717, 1.165) is 16.8 Å². The van der Waals surface area contributed by atoms with Gasteiger partial charge in [-0.3, -0.25) is 9.59 Å². The summed E-state index contributed by atoms with van der Waals surface area (Å²) in [6.45, 7) is 5.34. The number of aryl methyl sites for hydroxylation is 2. The van der Waals surface area contributed by atoms with Crippen LogP contribution in [0.15, 0.2) is 84.9 Å². The minimum Gasteiger partial charge on any atom is -0.497 e. The number of aromatic nitrogens is 2. The Labute approximate surface area is 254 Å². The second-order valence-corrected chi connectivity index (χ2v) is 10.3. The zero-order chi connectivity index (χ0) is 30.7. The summed E-state index contributed by atoms with van der Waals surface area (Å²) in [6.07, 6.45) is 0. The maximum atomic E-state index is 12.9. The van der Waals surface area contributed by atoms with Gasteiger partial charge in [-0.2, -0.15) is 9.78 Å². The number of carbonyl (C=O) groups excluding carboxylic acids is 2. The van der Waals surface area contributed by atoms with Crippen molar-refractivity contribution in [2.45, 2.75) is 20.8 Å². The normalized spacial score (nSPS) is 10.7. The molecule has 9 heteroatoms. The predicted octanol–water partition coefficient (Wildman–Crippen LogP) is 7.67. The SMILES string of the molecule is COc1ccc(-c2nn(-c3ccc(C)cc3C)c(OC(C)=O)c2-c2ccc(NC(=O)c3ccccc3Cl)cc2)c(OC)c1. The summed E-state index contributed by atoms with van der Waals surface area (Å²) in [5, 5.41) is 8.23. The Morgan fingerprint density at radius 3 is 2.28 bits per heavy atom. The molecule has 0 bridgehead atoms. The topological polar surface area (TPSA) is 91.7 Å². The van der Waals surface area contributed by atoms with Crippen LogP contribution in [-0.4, -0.2) is 35.9 Å². The highest BCUT2D eigenvalue weighted by Gasteiger charge is 2.27. The van der Waals surface area contributed by atoms with E-state index in [1.807, 2.05) is 56.3 Å². The minimum absolute atomic E-state index is 0.250. The predicted molar refractivity (Wildman–Crippen MR) is 168 cm³/mol. The molecule has 1 heterocycles. The van der Waals surface area contributed by atoms with Gasteiger partial charge in [-0.25, -0.2) is 0 Å². The summed E-state index contributed by atoms with van der Waals surface area (Å²) in [6, 6.07) is 25.4. The van der Waals surface area contributed by atoms with Crippen LogP contribution in [0.4, 0.5) is 5.69 Å². The van der Waals surface area contributed by atoms with Gasteiger partial charge in [0.2, 0.25) is 5.88 Å². The Morgan fingerprint density at radius 2 is 1.63 bits per heavy atom. The standard InChI is InChI=1S/C34H30ClN3O5/c1-20-10-17-29(21(2)18-20)38-34(43-22(3)39)31(32(37-38)27-16-15-25(41-4)19-30(27)42-5)23-11-13-24(14-12-23)36-33(40)26-8-6-7-9-28(26)35/h6-19H,1-5H3,(H,36,40). The lowest BCUT2D eigenvalue weighted by Gasteiger charge is -2.13. The number of nitrogens with zero attached hydrogens (tertiary/aromatic N) is 2. The summed E-state index contributed by atoms with van der Waals surface area (Å²) in [7, 11) is 3.15. The van der Waals surface area contributed by atoms with Gasteiger partial charge >= 0.3 is 5.97 Å². The third-order valence-corrected chi connectivity index (χ3v) is 7.21. The van der Waals surface area contributed by atoms with Crippen molar-refractivity contribution in [3.8, 4) is 45.5 Å². The summed E-state index contributed by atoms with van der Waals surface area (Å²) < 4.78 is 18.6. The summed E-state index contributed by atoms with van der Waals surface area (Å²) in [5.41, 5.74) is 6.21. The lowest BCUT2D eigenvalue weighted by atomic mass is 10.00. The molecule has 0 saturated heterocycles. The summed E-state index contributed by atoms with van der Waals surface area (Å²) in [5.74, 6) is 0.577. The van der Waals surface area contributed by atoms with Gasteiger partial charge in [-0.15, -0.1) is 0 Å². The van der Waals surface area contributed by atoms with Crippen molar-refractivity contribution in [1.82, 2.24) is 9.78 Å². The maximum absolute atomic E-state index is 12.9. The molecular formula is C34H30ClN3O5. The quantitative estimate of drug-likeness (QED) is 0.185. The van der Waals surface area contributed by atoms with Crippen molar-refractivity contribution < 1.29 is 23.8 Å². The Hall–Kier alpha value is -5.08. The van der Waals surface area contributed by atoms with Gasteiger partial charge in [-0.1, -0.05) is 53.6 Å². The number of hydrogen-bond acceptors (Lipinski definition) is 6. The Morgan fingerprint density at radius 1 is 0.884 bits per heavy atom. The van der Waals surface area contributed by atoms with E-state index in [-0.39, 0.29) is 11.8 Å². The summed E-state index contributed by atoms with van der Waals surface area (Å²) >= 11 is 6.21. The molecule has 0 atom stereocenters. The first kappa shape index (κ1) is 29.4. The largest absolute Gasteiger partial charge is 0.497 e. The molecule has 5 rings (SSSR count). The maximum Gasteiger partial charge on any atom is 0.309 e. The molecule has 43 heavy (non-hydrogen) atoms. The molecule has 0 unspecified atom stereocenters. The average Bonchev–Trinajstić information content (AvgIpc) is 3.35. The van der Waals surface area contributed by atoms with Gasteiger partial charge in [0.05, 0.1) is 36.1 Å². The van der Waals surface area contributed by atoms with E-state index in [1.54, 1.807) is 61.4 Å². The van der Waals surface area contributed by atoms with Gasteiger partial charge in [0.15, 0.2) is 0 Å². The van der Waals surface area contributed by atoms with Crippen LogP contribution in [0.2, 0.25) is 5.02 Å². The Bertz CT molecular complexity index is 1830. The minimum atomic E-state index is -0.496. The van der Waals surface area contributed by atoms with Crippen LogP contribution in [0.3, 0.4) is 0 Å². The fourth-order valence-corrected chi connectivity index (χ4v) is 5.07. The highest BCUT2D eigenvalue weighted by Crippen LogP contribution is 2.45. The van der Waals surface area contributed by atoms with Crippen molar-refractivity contribution in [2.24, 2.45) is 0 Å². The molecule has 8 nitrogen and oxygen atoms in total. The van der Waals surface area contributed by atoms with Gasteiger partial charge in [-0.05, 0) is 67.4 Å². The van der Waals surface area contributed by atoms with Crippen molar-refractivity contribution in [3.63, 3.8) is 0 Å². The van der Waals surface area contributed by atoms with Crippen LogP contribution < -0.4 is 19.5 Å². The first-order chi connectivity index (χ1) is 20.7. The van der Waals surface area contributed by atoms with Crippen molar-refractivity contribution in [3.05, 3.63) is 107 Å². The van der Waals surface area contributed by atoms with E-state index < -0.39 is 5.97 Å². The Kier molecular flexibility index (Phi) is 8.50. The van der Waals surface area contributed by atoms with Crippen LogP contribution >= 0.6 is 11.6 Å². The Balaban J connectivity index is 1.68. The van der Waals surface area contributed by atoms with E-state index in [0.29, 0.717) is 50.2 Å². The number of methoxy groups -OCH3 is 2. The number of anilines is 1. The molecule has 0 fully saturated rings. The number of hydrogen-bond donors (Lipinski definition) is 1. The molecule has 5 aromatic rings. The highest BCUT2D eigenvalue weighted by atomic mass is 35.5. The molecule has 1 N–H and O–H groups in total. The van der Waals surface area contributed by atoms with E-state index >= 15 is 0 Å². The third kappa shape index (κ3) is 6.10. The molecule has 0 radical (unpaired) electrons. The number of benzene rings is 4. The zero-order valence-corrected chi connectivity index (χ0v) is 25.2. The molecule has 0 aliphatic carbocycles. The number of ether oxygens (including phenoxy) is 3. The van der Waals surface area contributed by atoms with Crippen LogP contribution in [0, 0.1) is 13.8 Å². The molecule has 1 aromatic heterocycles. The molecule has 1 amide bonds.